The number of benzene rings is 1. The van der Waals surface area contributed by atoms with Gasteiger partial charge in [0.05, 0.1) is 16.6 Å². The van der Waals surface area contributed by atoms with Crippen LogP contribution in [0.2, 0.25) is 0 Å². The van der Waals surface area contributed by atoms with Crippen molar-refractivity contribution in [1.29, 1.82) is 0 Å². The van der Waals surface area contributed by atoms with E-state index in [9.17, 15) is 0 Å². The molecule has 0 atom stereocenters. The first-order valence-corrected chi connectivity index (χ1v) is 8.84. The molecular weight excluding hydrogens is 312 g/mol. The van der Waals surface area contributed by atoms with Gasteiger partial charge in [-0.15, -0.1) is 0 Å². The van der Waals surface area contributed by atoms with Crippen molar-refractivity contribution in [3.05, 3.63) is 36.7 Å². The second-order valence-corrected chi connectivity index (χ2v) is 6.95. The number of nitrogens with zero attached hydrogens (tertiary/aromatic N) is 4. The van der Waals surface area contributed by atoms with Gasteiger partial charge < -0.3 is 5.73 Å². The number of nitrogens with two attached hydrogens (primary N) is 1. The number of fused-ring (bicyclic) bond motifs is 3. The van der Waals surface area contributed by atoms with Gasteiger partial charge in [0, 0.05) is 29.9 Å². The van der Waals surface area contributed by atoms with Crippen LogP contribution >= 0.6 is 0 Å². The van der Waals surface area contributed by atoms with Crippen LogP contribution in [0, 0.1) is 5.92 Å². The monoisotopic (exact) mass is 332 g/mol. The van der Waals surface area contributed by atoms with E-state index in [-0.39, 0.29) is 0 Å². The van der Waals surface area contributed by atoms with Crippen LogP contribution in [-0.2, 0) is 6.54 Å². The number of anilines is 1. The van der Waals surface area contributed by atoms with Crippen LogP contribution < -0.4 is 5.73 Å². The predicted molar refractivity (Wildman–Crippen MR) is 99.0 cm³/mol. The van der Waals surface area contributed by atoms with Crippen LogP contribution in [0.4, 0.5) is 5.82 Å². The SMILES string of the molecule is Nc1nc2cc(-c3cc[nH]n3)ccc2c2nn(CC3CCCC3)cc12. The van der Waals surface area contributed by atoms with Gasteiger partial charge in [-0.05, 0) is 37.0 Å². The van der Waals surface area contributed by atoms with Gasteiger partial charge in [-0.3, -0.25) is 9.78 Å². The van der Waals surface area contributed by atoms with Crippen molar-refractivity contribution in [2.45, 2.75) is 32.2 Å². The lowest BCUT2D eigenvalue weighted by Gasteiger charge is -2.07. The van der Waals surface area contributed by atoms with Crippen LogP contribution in [-0.4, -0.2) is 25.0 Å². The molecule has 3 N–H and O–H groups in total. The Morgan fingerprint density at radius 1 is 1.16 bits per heavy atom. The molecule has 0 saturated heterocycles. The molecule has 25 heavy (non-hydrogen) atoms. The standard InChI is InChI=1S/C19H20N6/c20-19-15-11-25(10-12-3-1-2-4-12)24-18(15)14-6-5-13(9-17(14)22-19)16-7-8-21-23-16/h5-9,11-12H,1-4,10H2,(H2,20,22)(H,21,23). The van der Waals surface area contributed by atoms with E-state index >= 15 is 0 Å². The van der Waals surface area contributed by atoms with Crippen molar-refractivity contribution in [2.75, 3.05) is 5.73 Å². The Kier molecular flexibility index (Phi) is 3.23. The summed E-state index contributed by atoms with van der Waals surface area (Å²) in [5.41, 5.74) is 9.94. The Hall–Kier alpha value is -2.89. The summed E-state index contributed by atoms with van der Waals surface area (Å²) in [7, 11) is 0. The van der Waals surface area contributed by atoms with Gasteiger partial charge in [0.15, 0.2) is 0 Å². The normalized spacial score (nSPS) is 15.5. The van der Waals surface area contributed by atoms with E-state index in [1.54, 1.807) is 0 Å². The van der Waals surface area contributed by atoms with E-state index < -0.39 is 0 Å². The fraction of sp³-hybridized carbons (Fsp3) is 0.316. The smallest absolute Gasteiger partial charge is 0.135 e. The lowest BCUT2D eigenvalue weighted by atomic mass is 10.1. The molecule has 0 radical (unpaired) electrons. The number of hydrogen-bond acceptors (Lipinski definition) is 4. The quantitative estimate of drug-likeness (QED) is 0.598. The first-order chi connectivity index (χ1) is 12.3. The molecule has 0 aliphatic heterocycles. The van der Waals surface area contributed by atoms with Crippen molar-refractivity contribution in [3.8, 4) is 11.3 Å². The first kappa shape index (κ1) is 14.5. The van der Waals surface area contributed by atoms with E-state index in [1.165, 1.54) is 25.7 Å². The summed E-state index contributed by atoms with van der Waals surface area (Å²) in [6, 6.07) is 8.10. The van der Waals surface area contributed by atoms with E-state index in [0.717, 1.165) is 45.5 Å². The third-order valence-corrected chi connectivity index (χ3v) is 5.25. The molecule has 0 unspecified atom stereocenters. The summed E-state index contributed by atoms with van der Waals surface area (Å²) in [6.45, 7) is 0.973. The second-order valence-electron chi connectivity index (χ2n) is 6.95. The van der Waals surface area contributed by atoms with Crippen molar-refractivity contribution in [2.24, 2.45) is 5.92 Å². The van der Waals surface area contributed by atoms with Crippen molar-refractivity contribution >= 4 is 27.6 Å². The molecule has 1 aliphatic rings. The highest BCUT2D eigenvalue weighted by Crippen LogP contribution is 2.31. The molecule has 1 aliphatic carbocycles. The van der Waals surface area contributed by atoms with E-state index in [4.69, 9.17) is 10.8 Å². The highest BCUT2D eigenvalue weighted by molar-refractivity contribution is 6.08. The zero-order valence-electron chi connectivity index (χ0n) is 13.9. The van der Waals surface area contributed by atoms with Gasteiger partial charge >= 0.3 is 0 Å². The largest absolute Gasteiger partial charge is 0.383 e. The third-order valence-electron chi connectivity index (χ3n) is 5.25. The van der Waals surface area contributed by atoms with Crippen LogP contribution in [0.1, 0.15) is 25.7 Å². The molecule has 3 heterocycles. The van der Waals surface area contributed by atoms with Crippen LogP contribution in [0.5, 0.6) is 0 Å². The van der Waals surface area contributed by atoms with Gasteiger partial charge in [0.2, 0.25) is 0 Å². The lowest BCUT2D eigenvalue weighted by Crippen LogP contribution is -2.07. The van der Waals surface area contributed by atoms with E-state index in [2.05, 4.69) is 38.2 Å². The topological polar surface area (TPSA) is 85.4 Å². The minimum Gasteiger partial charge on any atom is -0.383 e. The number of pyridine rings is 1. The van der Waals surface area contributed by atoms with Gasteiger partial charge in [-0.1, -0.05) is 18.9 Å². The Balaban J connectivity index is 1.62. The number of H-pyrrole nitrogens is 1. The maximum absolute atomic E-state index is 6.23. The fourth-order valence-corrected chi connectivity index (χ4v) is 3.95. The molecule has 0 amide bonds. The maximum atomic E-state index is 6.23. The highest BCUT2D eigenvalue weighted by Gasteiger charge is 2.18. The first-order valence-electron chi connectivity index (χ1n) is 8.84. The summed E-state index contributed by atoms with van der Waals surface area (Å²) in [5, 5.41) is 13.9. The number of aromatic amines is 1. The predicted octanol–water partition coefficient (Wildman–Crippen LogP) is 3.75. The second kappa shape index (κ2) is 5.58. The van der Waals surface area contributed by atoms with Gasteiger partial charge in [-0.2, -0.15) is 10.2 Å². The van der Waals surface area contributed by atoms with Gasteiger partial charge in [0.25, 0.3) is 0 Å². The Morgan fingerprint density at radius 2 is 2.04 bits per heavy atom. The van der Waals surface area contributed by atoms with Crippen molar-refractivity contribution < 1.29 is 0 Å². The highest BCUT2D eigenvalue weighted by atomic mass is 15.3. The number of rotatable bonds is 3. The molecular formula is C19H20N6. The lowest BCUT2D eigenvalue weighted by molar-refractivity contribution is 0.431. The summed E-state index contributed by atoms with van der Waals surface area (Å²) in [5.74, 6) is 1.28. The Morgan fingerprint density at radius 3 is 2.84 bits per heavy atom. The molecule has 6 heteroatoms. The summed E-state index contributed by atoms with van der Waals surface area (Å²) < 4.78 is 2.06. The molecule has 6 nitrogen and oxygen atoms in total. The Bertz CT molecular complexity index is 1040. The molecule has 1 fully saturated rings. The molecule has 0 spiro atoms. The molecule has 1 aromatic carbocycles. The number of aromatic nitrogens is 5. The zero-order chi connectivity index (χ0) is 16.8. The number of nitrogen functional groups attached to an aromatic ring is 1. The fourth-order valence-electron chi connectivity index (χ4n) is 3.95. The van der Waals surface area contributed by atoms with Gasteiger partial charge in [-0.25, -0.2) is 4.98 Å². The molecule has 5 rings (SSSR count). The minimum atomic E-state index is 0.541. The molecule has 3 aromatic heterocycles. The third kappa shape index (κ3) is 2.45. The number of nitrogens with one attached hydrogen (secondary N) is 1. The maximum Gasteiger partial charge on any atom is 0.135 e. The summed E-state index contributed by atoms with van der Waals surface area (Å²) >= 11 is 0. The Labute approximate surface area is 145 Å². The zero-order valence-corrected chi connectivity index (χ0v) is 13.9. The van der Waals surface area contributed by atoms with Crippen molar-refractivity contribution in [3.63, 3.8) is 0 Å². The average Bonchev–Trinajstić information content (AvgIpc) is 3.36. The van der Waals surface area contributed by atoms with Crippen LogP contribution in [0.3, 0.4) is 0 Å². The molecule has 0 bridgehead atoms. The molecule has 4 aromatic rings. The average molecular weight is 332 g/mol. The van der Waals surface area contributed by atoms with Gasteiger partial charge in [0.1, 0.15) is 11.3 Å². The summed E-state index contributed by atoms with van der Waals surface area (Å²) in [6.07, 6.45) is 9.16. The number of hydrogen-bond donors (Lipinski definition) is 2. The molecule has 126 valence electrons. The molecule has 1 saturated carbocycles. The van der Waals surface area contributed by atoms with E-state index in [0.29, 0.717) is 5.82 Å². The summed E-state index contributed by atoms with van der Waals surface area (Å²) in [4.78, 5) is 4.61. The van der Waals surface area contributed by atoms with E-state index in [1.807, 2.05) is 18.3 Å². The van der Waals surface area contributed by atoms with Crippen LogP contribution in [0.25, 0.3) is 33.1 Å². The minimum absolute atomic E-state index is 0.541. The van der Waals surface area contributed by atoms with Crippen molar-refractivity contribution in [1.82, 2.24) is 25.0 Å². The van der Waals surface area contributed by atoms with Crippen LogP contribution in [0.15, 0.2) is 36.7 Å².